The van der Waals surface area contributed by atoms with Gasteiger partial charge in [0.1, 0.15) is 6.04 Å². The van der Waals surface area contributed by atoms with Crippen molar-refractivity contribution in [1.29, 1.82) is 0 Å². The van der Waals surface area contributed by atoms with Gasteiger partial charge >= 0.3 is 5.97 Å². The molecule has 0 aliphatic carbocycles. The molecule has 100 valence electrons. The summed E-state index contributed by atoms with van der Waals surface area (Å²) in [6.45, 7) is 2.25. The molecule has 1 heterocycles. The number of carbonyl (C=O) groups is 2. The van der Waals surface area contributed by atoms with Crippen molar-refractivity contribution < 1.29 is 14.7 Å². The summed E-state index contributed by atoms with van der Waals surface area (Å²) in [6.07, 6.45) is 3.08. The van der Waals surface area contributed by atoms with Crippen molar-refractivity contribution in [2.24, 2.45) is 0 Å². The third kappa shape index (κ3) is 3.02. The molecule has 4 nitrogen and oxygen atoms in total. The first-order valence-electron chi connectivity index (χ1n) is 6.36. The predicted octanol–water partition coefficient (Wildman–Crippen LogP) is 2.17. The van der Waals surface area contributed by atoms with E-state index in [2.05, 4.69) is 0 Å². The van der Waals surface area contributed by atoms with E-state index in [4.69, 9.17) is 5.11 Å². The van der Waals surface area contributed by atoms with E-state index >= 15 is 0 Å². The second-order valence-corrected chi connectivity index (χ2v) is 4.73. The molecule has 1 saturated heterocycles. The highest BCUT2D eigenvalue weighted by Gasteiger charge is 2.34. The van der Waals surface area contributed by atoms with E-state index in [-0.39, 0.29) is 5.91 Å². The Morgan fingerprint density at radius 2 is 2.00 bits per heavy atom. The number of hydrogen-bond acceptors (Lipinski definition) is 2. The van der Waals surface area contributed by atoms with Gasteiger partial charge in [-0.3, -0.25) is 4.79 Å². The quantitative estimate of drug-likeness (QED) is 0.846. The van der Waals surface area contributed by atoms with Crippen LogP contribution in [0, 0.1) is 0 Å². The summed E-state index contributed by atoms with van der Waals surface area (Å²) in [7, 11) is 0. The maximum atomic E-state index is 12.3. The molecule has 1 amide bonds. The van der Waals surface area contributed by atoms with E-state index in [9.17, 15) is 9.59 Å². The number of amides is 1. The van der Waals surface area contributed by atoms with Crippen LogP contribution in [0.3, 0.4) is 0 Å². The number of rotatable bonds is 3. The third-order valence-corrected chi connectivity index (χ3v) is 3.32. The standard InChI is InChI=1S/C15H17NO3/c1-11(10-12-6-3-2-4-7-12)14(17)16-9-5-8-13(16)15(18)19/h2-4,6-7,10,13H,5,8-9H2,1H3,(H,18,19)/b11-10+/t13-/m0/s1. The number of carboxylic acid groups (broad SMARTS) is 1. The summed E-state index contributed by atoms with van der Waals surface area (Å²) in [5.74, 6) is -1.10. The summed E-state index contributed by atoms with van der Waals surface area (Å²) in [5, 5.41) is 9.09. The Morgan fingerprint density at radius 3 is 2.63 bits per heavy atom. The molecule has 1 aliphatic rings. The lowest BCUT2D eigenvalue weighted by atomic mass is 10.1. The summed E-state index contributed by atoms with van der Waals surface area (Å²) in [6, 6.07) is 8.87. The fraction of sp³-hybridized carbons (Fsp3) is 0.333. The first-order valence-corrected chi connectivity index (χ1v) is 6.36. The Labute approximate surface area is 112 Å². The molecule has 1 aliphatic heterocycles. The molecule has 1 atom stereocenters. The summed E-state index contributed by atoms with van der Waals surface area (Å²) in [4.78, 5) is 24.8. The summed E-state index contributed by atoms with van der Waals surface area (Å²) in [5.41, 5.74) is 1.51. The first-order chi connectivity index (χ1) is 9.09. The summed E-state index contributed by atoms with van der Waals surface area (Å²) >= 11 is 0. The molecule has 2 rings (SSSR count). The van der Waals surface area contributed by atoms with Crippen LogP contribution in [0.15, 0.2) is 35.9 Å². The Balaban J connectivity index is 2.15. The van der Waals surface area contributed by atoms with E-state index in [1.165, 1.54) is 4.90 Å². The molecule has 1 N–H and O–H groups in total. The second-order valence-electron chi connectivity index (χ2n) is 4.73. The van der Waals surface area contributed by atoms with Crippen molar-refractivity contribution in [3.63, 3.8) is 0 Å². The van der Waals surface area contributed by atoms with Gasteiger partial charge < -0.3 is 10.0 Å². The van der Waals surface area contributed by atoms with Crippen LogP contribution >= 0.6 is 0 Å². The molecule has 0 aromatic heterocycles. The number of aliphatic carboxylic acids is 1. The minimum absolute atomic E-state index is 0.186. The molecule has 1 fully saturated rings. The van der Waals surface area contributed by atoms with E-state index in [1.54, 1.807) is 13.0 Å². The van der Waals surface area contributed by atoms with Crippen LogP contribution in [0.1, 0.15) is 25.3 Å². The zero-order chi connectivity index (χ0) is 13.8. The van der Waals surface area contributed by atoms with Crippen molar-refractivity contribution >= 4 is 18.0 Å². The Hall–Kier alpha value is -2.10. The number of benzene rings is 1. The lowest BCUT2D eigenvalue weighted by molar-refractivity contribution is -0.146. The van der Waals surface area contributed by atoms with Crippen LogP contribution < -0.4 is 0 Å². The van der Waals surface area contributed by atoms with Gasteiger partial charge in [0, 0.05) is 12.1 Å². The van der Waals surface area contributed by atoms with Crippen LogP contribution in [0.4, 0.5) is 0 Å². The molecule has 0 spiro atoms. The number of hydrogen-bond donors (Lipinski definition) is 1. The average molecular weight is 259 g/mol. The molecule has 0 radical (unpaired) electrons. The van der Waals surface area contributed by atoms with Gasteiger partial charge in [0.25, 0.3) is 0 Å². The Kier molecular flexibility index (Phi) is 4.00. The maximum absolute atomic E-state index is 12.3. The predicted molar refractivity (Wildman–Crippen MR) is 72.5 cm³/mol. The summed E-state index contributed by atoms with van der Waals surface area (Å²) < 4.78 is 0. The average Bonchev–Trinajstić information content (AvgIpc) is 2.88. The number of carbonyl (C=O) groups excluding carboxylic acids is 1. The first kappa shape index (κ1) is 13.3. The SMILES string of the molecule is C/C(=C\c1ccccc1)C(=O)N1CCC[C@H]1C(=O)O. The van der Waals surface area contributed by atoms with E-state index in [0.717, 1.165) is 12.0 Å². The minimum atomic E-state index is -0.918. The van der Waals surface area contributed by atoms with E-state index < -0.39 is 12.0 Å². The number of carboxylic acids is 1. The van der Waals surface area contributed by atoms with E-state index in [0.29, 0.717) is 18.5 Å². The van der Waals surface area contributed by atoms with Gasteiger partial charge in [-0.25, -0.2) is 4.79 Å². The normalized spacial score (nSPS) is 19.5. The van der Waals surface area contributed by atoms with Crippen LogP contribution in [0.5, 0.6) is 0 Å². The molecule has 0 bridgehead atoms. The van der Waals surface area contributed by atoms with Crippen molar-refractivity contribution in [3.8, 4) is 0 Å². The Bertz CT molecular complexity index is 507. The topological polar surface area (TPSA) is 57.6 Å². The van der Waals surface area contributed by atoms with Crippen LogP contribution in [-0.4, -0.2) is 34.5 Å². The number of nitrogens with zero attached hydrogens (tertiary/aromatic N) is 1. The van der Waals surface area contributed by atoms with Crippen molar-refractivity contribution in [2.75, 3.05) is 6.54 Å². The van der Waals surface area contributed by atoms with Gasteiger partial charge in [0.15, 0.2) is 0 Å². The van der Waals surface area contributed by atoms with Gasteiger partial charge in [0.05, 0.1) is 0 Å². The largest absolute Gasteiger partial charge is 0.480 e. The van der Waals surface area contributed by atoms with Gasteiger partial charge in [-0.1, -0.05) is 30.3 Å². The van der Waals surface area contributed by atoms with Gasteiger partial charge in [0.2, 0.25) is 5.91 Å². The monoisotopic (exact) mass is 259 g/mol. The van der Waals surface area contributed by atoms with Crippen molar-refractivity contribution in [1.82, 2.24) is 4.90 Å². The molecule has 0 saturated carbocycles. The van der Waals surface area contributed by atoms with E-state index in [1.807, 2.05) is 30.3 Å². The molecule has 0 unspecified atom stereocenters. The second kappa shape index (κ2) is 5.69. The molecule has 4 heteroatoms. The zero-order valence-electron chi connectivity index (χ0n) is 10.9. The van der Waals surface area contributed by atoms with Gasteiger partial charge in [-0.15, -0.1) is 0 Å². The molecular formula is C15H17NO3. The molecule has 19 heavy (non-hydrogen) atoms. The maximum Gasteiger partial charge on any atom is 0.326 e. The number of likely N-dealkylation sites (tertiary alicyclic amines) is 1. The highest BCUT2D eigenvalue weighted by Crippen LogP contribution is 2.20. The molecular weight excluding hydrogens is 242 g/mol. The zero-order valence-corrected chi connectivity index (χ0v) is 10.9. The van der Waals surface area contributed by atoms with Crippen molar-refractivity contribution in [3.05, 3.63) is 41.5 Å². The van der Waals surface area contributed by atoms with Gasteiger partial charge in [-0.05, 0) is 31.4 Å². The molecule has 1 aromatic carbocycles. The van der Waals surface area contributed by atoms with Crippen LogP contribution in [-0.2, 0) is 9.59 Å². The van der Waals surface area contributed by atoms with Gasteiger partial charge in [-0.2, -0.15) is 0 Å². The highest BCUT2D eigenvalue weighted by atomic mass is 16.4. The van der Waals surface area contributed by atoms with Crippen LogP contribution in [0.25, 0.3) is 6.08 Å². The fourth-order valence-corrected chi connectivity index (χ4v) is 2.35. The lowest BCUT2D eigenvalue weighted by Gasteiger charge is -2.21. The molecule has 1 aromatic rings. The Morgan fingerprint density at radius 1 is 1.32 bits per heavy atom. The minimum Gasteiger partial charge on any atom is -0.480 e. The van der Waals surface area contributed by atoms with Crippen LogP contribution in [0.2, 0.25) is 0 Å². The lowest BCUT2D eigenvalue weighted by Crippen LogP contribution is -2.40. The highest BCUT2D eigenvalue weighted by molar-refractivity contribution is 5.99. The van der Waals surface area contributed by atoms with Crippen molar-refractivity contribution in [2.45, 2.75) is 25.8 Å². The third-order valence-electron chi connectivity index (χ3n) is 3.32. The smallest absolute Gasteiger partial charge is 0.326 e. The fourth-order valence-electron chi connectivity index (χ4n) is 2.35.